The van der Waals surface area contributed by atoms with Gasteiger partial charge in [0.05, 0.1) is 21.7 Å². The third-order valence-electron chi connectivity index (χ3n) is 4.52. The molecular formula is C19H20Cl2N2O3S. The molecule has 5 nitrogen and oxygen atoms in total. The summed E-state index contributed by atoms with van der Waals surface area (Å²) in [7, 11) is -3.55. The van der Waals surface area contributed by atoms with Gasteiger partial charge in [-0.1, -0.05) is 47.5 Å². The smallest absolute Gasteiger partial charge is 0.228 e. The highest BCUT2D eigenvalue weighted by atomic mass is 35.5. The quantitative estimate of drug-likeness (QED) is 0.779. The van der Waals surface area contributed by atoms with Crippen molar-refractivity contribution in [3.8, 4) is 0 Å². The van der Waals surface area contributed by atoms with Crippen molar-refractivity contribution in [3.05, 3.63) is 64.1 Å². The number of benzene rings is 2. The normalized spacial score (nSPS) is 18.2. The molecule has 2 aromatic rings. The van der Waals surface area contributed by atoms with Crippen LogP contribution in [0.2, 0.25) is 10.0 Å². The standard InChI is InChI=1S/C19H20Cl2N2O3S/c20-17-9-8-14(11-18(17)21)13-27(25,26)23-10-4-5-15(12-23)19(24)22-16-6-2-1-3-7-16/h1-3,6-9,11,15H,4-5,10,12-13H2,(H,22,24). The predicted molar refractivity (Wildman–Crippen MR) is 108 cm³/mol. The van der Waals surface area contributed by atoms with Crippen LogP contribution in [0.3, 0.4) is 0 Å². The second kappa shape index (κ2) is 8.61. The molecule has 1 aliphatic heterocycles. The van der Waals surface area contributed by atoms with E-state index in [9.17, 15) is 13.2 Å². The fourth-order valence-corrected chi connectivity index (χ4v) is 5.02. The summed E-state index contributed by atoms with van der Waals surface area (Å²) in [4.78, 5) is 12.5. The molecule has 2 aromatic carbocycles. The zero-order valence-electron chi connectivity index (χ0n) is 14.6. The average molecular weight is 427 g/mol. The predicted octanol–water partition coefficient (Wildman–Crippen LogP) is 4.17. The van der Waals surface area contributed by atoms with Crippen molar-refractivity contribution < 1.29 is 13.2 Å². The number of hydrogen-bond donors (Lipinski definition) is 1. The highest BCUT2D eigenvalue weighted by Gasteiger charge is 2.32. The van der Waals surface area contributed by atoms with Crippen molar-refractivity contribution in [2.24, 2.45) is 5.92 Å². The van der Waals surface area contributed by atoms with E-state index < -0.39 is 10.0 Å². The summed E-state index contributed by atoms with van der Waals surface area (Å²) in [6.45, 7) is 0.598. The molecule has 0 bridgehead atoms. The number of anilines is 1. The molecule has 1 amide bonds. The number of carbonyl (C=O) groups is 1. The van der Waals surface area contributed by atoms with Crippen molar-refractivity contribution in [2.45, 2.75) is 18.6 Å². The van der Waals surface area contributed by atoms with Gasteiger partial charge in [0.1, 0.15) is 0 Å². The van der Waals surface area contributed by atoms with Crippen LogP contribution < -0.4 is 5.32 Å². The first kappa shape index (κ1) is 20.1. The fraction of sp³-hybridized carbons (Fsp3) is 0.316. The van der Waals surface area contributed by atoms with Crippen molar-refractivity contribution in [1.82, 2.24) is 4.31 Å². The van der Waals surface area contributed by atoms with E-state index in [4.69, 9.17) is 23.2 Å². The van der Waals surface area contributed by atoms with Gasteiger partial charge in [0, 0.05) is 18.8 Å². The maximum Gasteiger partial charge on any atom is 0.228 e. The van der Waals surface area contributed by atoms with Crippen molar-refractivity contribution >= 4 is 44.8 Å². The summed E-state index contributed by atoms with van der Waals surface area (Å²) in [6, 6.07) is 13.9. The zero-order valence-corrected chi connectivity index (χ0v) is 16.9. The van der Waals surface area contributed by atoms with E-state index >= 15 is 0 Å². The molecule has 3 rings (SSSR count). The summed E-state index contributed by atoms with van der Waals surface area (Å²) in [5.74, 6) is -0.699. The number of nitrogens with one attached hydrogen (secondary N) is 1. The highest BCUT2D eigenvalue weighted by Crippen LogP contribution is 2.26. The average Bonchev–Trinajstić information content (AvgIpc) is 2.65. The first-order chi connectivity index (χ1) is 12.8. The minimum absolute atomic E-state index is 0.157. The Balaban J connectivity index is 1.67. The van der Waals surface area contributed by atoms with Gasteiger partial charge in [-0.05, 0) is 42.7 Å². The van der Waals surface area contributed by atoms with Crippen LogP contribution in [0.5, 0.6) is 0 Å². The van der Waals surface area contributed by atoms with Crippen molar-refractivity contribution in [2.75, 3.05) is 18.4 Å². The molecule has 0 saturated carbocycles. The minimum atomic E-state index is -3.55. The van der Waals surface area contributed by atoms with E-state index in [1.807, 2.05) is 18.2 Å². The maximum absolute atomic E-state index is 12.8. The number of rotatable bonds is 5. The Hall–Kier alpha value is -1.60. The van der Waals surface area contributed by atoms with Gasteiger partial charge < -0.3 is 5.32 Å². The first-order valence-corrected chi connectivity index (χ1v) is 11.0. The van der Waals surface area contributed by atoms with Gasteiger partial charge in [-0.3, -0.25) is 4.79 Å². The lowest BCUT2D eigenvalue weighted by Crippen LogP contribution is -2.44. The van der Waals surface area contributed by atoms with Crippen LogP contribution in [0.25, 0.3) is 0 Å². The molecule has 144 valence electrons. The maximum atomic E-state index is 12.8. The Kier molecular flexibility index (Phi) is 6.42. The first-order valence-electron chi connectivity index (χ1n) is 8.63. The van der Waals surface area contributed by atoms with E-state index in [-0.39, 0.29) is 24.1 Å². The molecule has 1 aliphatic rings. The Morgan fingerprint density at radius 2 is 1.85 bits per heavy atom. The second-order valence-corrected chi connectivity index (χ2v) is 9.34. The molecule has 8 heteroatoms. The molecule has 1 unspecified atom stereocenters. The number of piperidine rings is 1. The van der Waals surface area contributed by atoms with E-state index in [0.717, 1.165) is 0 Å². The second-order valence-electron chi connectivity index (χ2n) is 6.56. The van der Waals surface area contributed by atoms with Crippen molar-refractivity contribution in [3.63, 3.8) is 0 Å². The lowest BCUT2D eigenvalue weighted by atomic mass is 9.99. The summed E-state index contributed by atoms with van der Waals surface area (Å²) in [6.07, 6.45) is 1.31. The number of carbonyl (C=O) groups excluding carboxylic acids is 1. The molecule has 27 heavy (non-hydrogen) atoms. The molecule has 1 fully saturated rings. The molecule has 1 saturated heterocycles. The van der Waals surface area contributed by atoms with Crippen LogP contribution >= 0.6 is 23.2 Å². The minimum Gasteiger partial charge on any atom is -0.326 e. The Morgan fingerprint density at radius 3 is 2.56 bits per heavy atom. The van der Waals surface area contributed by atoms with Gasteiger partial charge in [-0.15, -0.1) is 0 Å². The SMILES string of the molecule is O=C(Nc1ccccc1)C1CCCN(S(=O)(=O)Cc2ccc(Cl)c(Cl)c2)C1. The molecular weight excluding hydrogens is 407 g/mol. The third kappa shape index (κ3) is 5.23. The van der Waals surface area contributed by atoms with Gasteiger partial charge in [0.15, 0.2) is 0 Å². The Labute approximate surface area is 169 Å². The summed E-state index contributed by atoms with van der Waals surface area (Å²) < 4.78 is 27.0. The number of para-hydroxylation sites is 1. The van der Waals surface area contributed by atoms with Crippen LogP contribution in [0.1, 0.15) is 18.4 Å². The summed E-state index contributed by atoms with van der Waals surface area (Å²) in [5.41, 5.74) is 1.28. The lowest BCUT2D eigenvalue weighted by Gasteiger charge is -2.31. The van der Waals surface area contributed by atoms with Crippen LogP contribution in [-0.4, -0.2) is 31.7 Å². The van der Waals surface area contributed by atoms with E-state index in [0.29, 0.717) is 40.7 Å². The van der Waals surface area contributed by atoms with Crippen LogP contribution in [-0.2, 0) is 20.6 Å². The van der Waals surface area contributed by atoms with E-state index in [2.05, 4.69) is 5.32 Å². The number of amides is 1. The van der Waals surface area contributed by atoms with Crippen molar-refractivity contribution in [1.29, 1.82) is 0 Å². The monoisotopic (exact) mass is 426 g/mol. The number of sulfonamides is 1. The van der Waals surface area contributed by atoms with E-state index in [1.165, 1.54) is 4.31 Å². The van der Waals surface area contributed by atoms with Crippen LogP contribution in [0, 0.1) is 5.92 Å². The Morgan fingerprint density at radius 1 is 1.11 bits per heavy atom. The summed E-state index contributed by atoms with van der Waals surface area (Å²) >= 11 is 11.9. The molecule has 1 N–H and O–H groups in total. The van der Waals surface area contributed by atoms with Gasteiger partial charge in [0.25, 0.3) is 0 Å². The number of nitrogens with zero attached hydrogens (tertiary/aromatic N) is 1. The molecule has 0 spiro atoms. The summed E-state index contributed by atoms with van der Waals surface area (Å²) in [5, 5.41) is 3.56. The fourth-order valence-electron chi connectivity index (χ4n) is 3.11. The van der Waals surface area contributed by atoms with Crippen LogP contribution in [0.15, 0.2) is 48.5 Å². The highest BCUT2D eigenvalue weighted by molar-refractivity contribution is 7.88. The largest absolute Gasteiger partial charge is 0.326 e. The lowest BCUT2D eigenvalue weighted by molar-refractivity contribution is -0.120. The molecule has 0 aliphatic carbocycles. The van der Waals surface area contributed by atoms with Gasteiger partial charge in [0.2, 0.25) is 15.9 Å². The Bertz CT molecular complexity index is 920. The molecule has 1 heterocycles. The van der Waals surface area contributed by atoms with Gasteiger partial charge in [-0.2, -0.15) is 0 Å². The van der Waals surface area contributed by atoms with Gasteiger partial charge >= 0.3 is 0 Å². The zero-order chi connectivity index (χ0) is 19.4. The van der Waals surface area contributed by atoms with Crippen LogP contribution in [0.4, 0.5) is 5.69 Å². The topological polar surface area (TPSA) is 66.5 Å². The number of halogens is 2. The molecule has 0 radical (unpaired) electrons. The molecule has 1 atom stereocenters. The third-order valence-corrected chi connectivity index (χ3v) is 7.08. The van der Waals surface area contributed by atoms with Gasteiger partial charge in [-0.25, -0.2) is 12.7 Å². The number of hydrogen-bond acceptors (Lipinski definition) is 3. The van der Waals surface area contributed by atoms with E-state index in [1.54, 1.807) is 30.3 Å². The molecule has 0 aromatic heterocycles.